The van der Waals surface area contributed by atoms with E-state index in [1.54, 1.807) is 18.2 Å². The molecule has 2 saturated heterocycles. The smallest absolute Gasteiger partial charge is 0.251 e. The van der Waals surface area contributed by atoms with E-state index in [0.717, 1.165) is 17.5 Å². The van der Waals surface area contributed by atoms with Crippen molar-refractivity contribution in [1.29, 1.82) is 0 Å². The summed E-state index contributed by atoms with van der Waals surface area (Å²) in [6.45, 7) is 2.57. The number of carbonyl (C=O) groups excluding carboxylic acids is 3. The van der Waals surface area contributed by atoms with Crippen LogP contribution in [0.4, 0.5) is 11.4 Å². The average Bonchev–Trinajstić information content (AvgIpc) is 3.58. The number of nitrogens with zero attached hydrogens (tertiary/aromatic N) is 1. The number of halogens is 2. The van der Waals surface area contributed by atoms with E-state index in [4.69, 9.17) is 23.2 Å². The molecule has 3 aromatic carbocycles. The topological polar surface area (TPSA) is 78.5 Å². The minimum absolute atomic E-state index is 0.233. The summed E-state index contributed by atoms with van der Waals surface area (Å²) < 4.78 is 0. The van der Waals surface area contributed by atoms with Crippen LogP contribution in [0.5, 0.6) is 0 Å². The van der Waals surface area contributed by atoms with Gasteiger partial charge in [0.15, 0.2) is 5.78 Å². The van der Waals surface area contributed by atoms with Crippen LogP contribution in [0.3, 0.4) is 0 Å². The lowest BCUT2D eigenvalue weighted by Gasteiger charge is -2.43. The van der Waals surface area contributed by atoms with E-state index in [0.29, 0.717) is 40.5 Å². The van der Waals surface area contributed by atoms with Gasteiger partial charge in [0, 0.05) is 33.6 Å². The van der Waals surface area contributed by atoms with Gasteiger partial charge >= 0.3 is 0 Å². The Balaban J connectivity index is 1.60. The third kappa shape index (κ3) is 2.63. The number of carbonyl (C=O) groups is 3. The molecule has 2 spiro atoms. The normalized spacial score (nSPS) is 29.4. The van der Waals surface area contributed by atoms with Crippen molar-refractivity contribution in [3.63, 3.8) is 0 Å². The molecular weight excluding hydrogens is 509 g/mol. The molecule has 0 aliphatic carbocycles. The first kappa shape index (κ1) is 23.0. The first-order chi connectivity index (χ1) is 17.8. The molecule has 3 aromatic rings. The van der Waals surface area contributed by atoms with Gasteiger partial charge in [0.1, 0.15) is 11.0 Å². The summed E-state index contributed by atoms with van der Waals surface area (Å²) in [5.74, 6) is -1.70. The lowest BCUT2D eigenvalue weighted by molar-refractivity contribution is -0.137. The molecule has 8 heteroatoms. The van der Waals surface area contributed by atoms with Crippen LogP contribution in [0, 0.1) is 12.8 Å². The van der Waals surface area contributed by atoms with Crippen molar-refractivity contribution in [3.05, 3.63) is 93.0 Å². The van der Waals surface area contributed by atoms with Crippen molar-refractivity contribution in [1.82, 2.24) is 4.90 Å². The molecule has 4 heterocycles. The molecule has 37 heavy (non-hydrogen) atoms. The number of anilines is 2. The zero-order valence-corrected chi connectivity index (χ0v) is 21.5. The Kier molecular flexibility index (Phi) is 4.76. The number of Topliss-reactive ketones (excluding diaryl/α,β-unsaturated/α-hetero) is 1. The largest absolute Gasteiger partial charge is 0.325 e. The molecule has 2 fully saturated rings. The highest BCUT2D eigenvalue weighted by Gasteiger charge is 2.81. The predicted molar refractivity (Wildman–Crippen MR) is 142 cm³/mol. The quantitative estimate of drug-likeness (QED) is 0.439. The van der Waals surface area contributed by atoms with Gasteiger partial charge in [-0.1, -0.05) is 59.1 Å². The molecule has 4 aliphatic rings. The fourth-order valence-corrected chi connectivity index (χ4v) is 8.05. The molecule has 4 atom stereocenters. The second-order valence-electron chi connectivity index (χ2n) is 10.4. The van der Waals surface area contributed by atoms with Gasteiger partial charge in [-0.15, -0.1) is 0 Å². The van der Waals surface area contributed by atoms with E-state index in [1.165, 1.54) is 0 Å². The number of hydrogen-bond donors (Lipinski definition) is 2. The average molecular weight is 532 g/mol. The molecule has 0 radical (unpaired) electrons. The Morgan fingerprint density at radius 3 is 2.51 bits per heavy atom. The summed E-state index contributed by atoms with van der Waals surface area (Å²) in [6, 6.07) is 17.7. The fourth-order valence-electron chi connectivity index (χ4n) is 7.55. The SMILES string of the molecule is Cc1ccc2c(c1)[C@]1(C(=O)N2)N2CCC[C@H]2[C@@H](C(=O)c2ccc(Cl)cc2Cl)[C@]12C(=O)Nc1ccccc12. The number of nitrogens with one attached hydrogen (secondary N) is 2. The van der Waals surface area contributed by atoms with E-state index in [9.17, 15) is 14.4 Å². The second-order valence-corrected chi connectivity index (χ2v) is 11.2. The van der Waals surface area contributed by atoms with Crippen LogP contribution in [0.1, 0.15) is 39.9 Å². The maximum absolute atomic E-state index is 14.6. The summed E-state index contributed by atoms with van der Waals surface area (Å²) in [5.41, 5.74) is 1.12. The number of ketones is 1. The molecule has 0 saturated carbocycles. The molecule has 4 aliphatic heterocycles. The molecule has 6 nitrogen and oxygen atoms in total. The van der Waals surface area contributed by atoms with Crippen molar-refractivity contribution in [2.75, 3.05) is 17.2 Å². The van der Waals surface area contributed by atoms with Gasteiger partial charge in [-0.05, 0) is 62.2 Å². The molecule has 0 unspecified atom stereocenters. The minimum Gasteiger partial charge on any atom is -0.325 e. The number of benzene rings is 3. The van der Waals surface area contributed by atoms with Gasteiger partial charge < -0.3 is 10.6 Å². The number of aryl methyl sites for hydroxylation is 1. The molecule has 0 bridgehead atoms. The van der Waals surface area contributed by atoms with Crippen LogP contribution in [0.15, 0.2) is 60.7 Å². The lowest BCUT2D eigenvalue weighted by atomic mass is 9.57. The van der Waals surface area contributed by atoms with E-state index in [1.807, 2.05) is 49.4 Å². The molecule has 186 valence electrons. The van der Waals surface area contributed by atoms with Crippen molar-refractivity contribution < 1.29 is 14.4 Å². The van der Waals surface area contributed by atoms with Crippen LogP contribution in [-0.2, 0) is 20.5 Å². The Morgan fingerprint density at radius 2 is 1.70 bits per heavy atom. The van der Waals surface area contributed by atoms with Gasteiger partial charge in [0.25, 0.3) is 5.91 Å². The second kappa shape index (κ2) is 7.67. The third-order valence-corrected chi connectivity index (χ3v) is 9.28. The van der Waals surface area contributed by atoms with Crippen LogP contribution in [0.25, 0.3) is 0 Å². The Morgan fingerprint density at radius 1 is 0.946 bits per heavy atom. The standard InChI is InChI=1S/C29H23Cl2N3O3/c1-15-8-11-22-19(13-15)29(27(37)33-22)28(18-5-2-3-6-21(18)32-26(28)36)24(23-7-4-12-34(23)29)25(35)17-10-9-16(30)14-20(17)31/h2-3,5-6,8-11,13-14,23-24H,4,7,12H2,1H3,(H,32,36)(H,33,37)/t23-,24-,28+,29+/m0/s1. The van der Waals surface area contributed by atoms with Crippen LogP contribution in [0.2, 0.25) is 10.0 Å². The monoisotopic (exact) mass is 531 g/mol. The first-order valence-electron chi connectivity index (χ1n) is 12.4. The number of amides is 2. The maximum atomic E-state index is 14.6. The van der Waals surface area contributed by atoms with E-state index in [-0.39, 0.29) is 28.7 Å². The van der Waals surface area contributed by atoms with Crippen molar-refractivity contribution >= 4 is 52.2 Å². The van der Waals surface area contributed by atoms with Crippen LogP contribution >= 0.6 is 23.2 Å². The number of rotatable bonds is 2. The molecular formula is C29H23Cl2N3O3. The number of fused-ring (bicyclic) bond motifs is 7. The third-order valence-electron chi connectivity index (χ3n) is 8.73. The zero-order valence-electron chi connectivity index (χ0n) is 20.0. The minimum atomic E-state index is -1.49. The van der Waals surface area contributed by atoms with Gasteiger partial charge in [-0.3, -0.25) is 19.3 Å². The highest BCUT2D eigenvalue weighted by molar-refractivity contribution is 6.37. The van der Waals surface area contributed by atoms with Gasteiger partial charge in [-0.2, -0.15) is 0 Å². The van der Waals surface area contributed by atoms with Crippen LogP contribution < -0.4 is 10.6 Å². The summed E-state index contributed by atoms with van der Waals surface area (Å²) >= 11 is 12.7. The summed E-state index contributed by atoms with van der Waals surface area (Å²) in [6.07, 6.45) is 1.51. The molecule has 0 aromatic heterocycles. The van der Waals surface area contributed by atoms with E-state index < -0.39 is 16.9 Å². The summed E-state index contributed by atoms with van der Waals surface area (Å²) in [5, 5.41) is 6.77. The van der Waals surface area contributed by atoms with Gasteiger partial charge in [0.05, 0.1) is 10.9 Å². The summed E-state index contributed by atoms with van der Waals surface area (Å²) in [4.78, 5) is 45.5. The van der Waals surface area contributed by atoms with Crippen molar-refractivity contribution in [3.8, 4) is 0 Å². The molecule has 2 amide bonds. The van der Waals surface area contributed by atoms with Crippen molar-refractivity contribution in [2.24, 2.45) is 5.92 Å². The highest BCUT2D eigenvalue weighted by Crippen LogP contribution is 2.68. The Hall–Kier alpha value is -3.19. The molecule has 2 N–H and O–H groups in total. The molecule has 7 rings (SSSR count). The Bertz CT molecular complexity index is 1560. The zero-order chi connectivity index (χ0) is 25.7. The number of para-hydroxylation sites is 1. The van der Waals surface area contributed by atoms with E-state index in [2.05, 4.69) is 15.5 Å². The first-order valence-corrected chi connectivity index (χ1v) is 13.2. The lowest BCUT2D eigenvalue weighted by Crippen LogP contribution is -2.62. The van der Waals surface area contributed by atoms with Gasteiger partial charge in [-0.25, -0.2) is 0 Å². The predicted octanol–water partition coefficient (Wildman–Crippen LogP) is 5.32. The van der Waals surface area contributed by atoms with E-state index >= 15 is 0 Å². The van der Waals surface area contributed by atoms with Gasteiger partial charge in [0.2, 0.25) is 5.91 Å². The van der Waals surface area contributed by atoms with Crippen LogP contribution in [-0.4, -0.2) is 35.1 Å². The highest BCUT2D eigenvalue weighted by atomic mass is 35.5. The maximum Gasteiger partial charge on any atom is 0.251 e. The van der Waals surface area contributed by atoms with Crippen molar-refractivity contribution in [2.45, 2.75) is 36.8 Å². The Labute approximate surface area is 223 Å². The number of hydrogen-bond acceptors (Lipinski definition) is 4. The fraction of sp³-hybridized carbons (Fsp3) is 0.276. The summed E-state index contributed by atoms with van der Waals surface area (Å²) in [7, 11) is 0.